The predicted octanol–water partition coefficient (Wildman–Crippen LogP) is 5.34. The molecular formula is C24H28ClN3O4S. The molecule has 1 fully saturated rings. The molecule has 1 aromatic heterocycles. The Morgan fingerprint density at radius 2 is 1.79 bits per heavy atom. The molecule has 9 heteroatoms. The first-order chi connectivity index (χ1) is 15.5. The maximum Gasteiger partial charge on any atom is 0.410 e. The number of aromatic nitrogens is 1. The fraction of sp³-hybridized carbons (Fsp3) is 0.375. The highest BCUT2D eigenvalue weighted by Gasteiger charge is 2.27. The largest absolute Gasteiger partial charge is 0.444 e. The van der Waals surface area contributed by atoms with Crippen LogP contribution >= 0.6 is 11.6 Å². The molecule has 7 nitrogen and oxygen atoms in total. The van der Waals surface area contributed by atoms with Gasteiger partial charge in [-0.3, -0.25) is 0 Å². The van der Waals surface area contributed by atoms with Crippen molar-refractivity contribution in [3.05, 3.63) is 59.8 Å². The fourth-order valence-corrected chi connectivity index (χ4v) is 5.62. The summed E-state index contributed by atoms with van der Waals surface area (Å²) >= 11 is 6.01. The van der Waals surface area contributed by atoms with Gasteiger partial charge in [-0.2, -0.15) is 0 Å². The minimum Gasteiger partial charge on any atom is -0.444 e. The normalized spacial score (nSPS) is 15.6. The number of benzene rings is 2. The molecule has 0 radical (unpaired) electrons. The third-order valence-corrected chi connectivity index (χ3v) is 7.48. The van der Waals surface area contributed by atoms with Gasteiger partial charge in [0.25, 0.3) is 10.0 Å². The molecule has 0 aliphatic carbocycles. The Morgan fingerprint density at radius 1 is 1.09 bits per heavy atom. The van der Waals surface area contributed by atoms with E-state index in [4.69, 9.17) is 16.3 Å². The summed E-state index contributed by atoms with van der Waals surface area (Å²) < 4.78 is 33.1. The lowest BCUT2D eigenvalue weighted by Gasteiger charge is -2.34. The van der Waals surface area contributed by atoms with Gasteiger partial charge in [-0.15, -0.1) is 0 Å². The van der Waals surface area contributed by atoms with Crippen LogP contribution in [0.15, 0.2) is 59.6 Å². The van der Waals surface area contributed by atoms with E-state index in [-0.39, 0.29) is 17.0 Å². The van der Waals surface area contributed by atoms with Crippen LogP contribution in [0.5, 0.6) is 0 Å². The van der Waals surface area contributed by atoms with Crippen LogP contribution in [0.3, 0.4) is 0 Å². The van der Waals surface area contributed by atoms with Crippen molar-refractivity contribution in [2.45, 2.75) is 50.2 Å². The molecule has 1 amide bonds. The first kappa shape index (κ1) is 23.4. The number of piperidine rings is 1. The van der Waals surface area contributed by atoms with E-state index in [9.17, 15) is 13.2 Å². The van der Waals surface area contributed by atoms with Gasteiger partial charge in [0.05, 0.1) is 10.4 Å². The topological polar surface area (TPSA) is 80.6 Å². The van der Waals surface area contributed by atoms with Crippen molar-refractivity contribution in [2.24, 2.45) is 0 Å². The lowest BCUT2D eigenvalue weighted by molar-refractivity contribution is 0.0210. The number of halogens is 1. The summed E-state index contributed by atoms with van der Waals surface area (Å²) in [5.41, 5.74) is 0.940. The SMILES string of the molecule is CC(C)(C)OC(=O)N1CCC(Nc2cccc3c2ccn3S(=O)(=O)c2cccc(Cl)c2)CC1. The lowest BCUT2D eigenvalue weighted by atomic mass is 10.0. The lowest BCUT2D eigenvalue weighted by Crippen LogP contribution is -2.44. The molecule has 0 unspecified atom stereocenters. The first-order valence-electron chi connectivity index (χ1n) is 10.9. The molecule has 0 atom stereocenters. The fourth-order valence-electron chi connectivity index (χ4n) is 3.97. The summed E-state index contributed by atoms with van der Waals surface area (Å²) in [6.45, 7) is 6.79. The number of ether oxygens (including phenoxy) is 1. The van der Waals surface area contributed by atoms with E-state index in [0.717, 1.165) is 23.9 Å². The molecule has 1 aliphatic heterocycles. The van der Waals surface area contributed by atoms with Crippen molar-refractivity contribution in [3.8, 4) is 0 Å². The second-order valence-electron chi connectivity index (χ2n) is 9.20. The average Bonchev–Trinajstić information content (AvgIpc) is 3.19. The summed E-state index contributed by atoms with van der Waals surface area (Å²) in [4.78, 5) is 14.2. The summed E-state index contributed by atoms with van der Waals surface area (Å²) in [6, 6.07) is 13.8. The standard InChI is InChI=1S/C24H28ClN3O4S/c1-24(2,3)32-23(29)27-13-10-18(11-14-27)26-21-8-5-9-22-20(21)12-15-28(22)33(30,31)19-7-4-6-17(25)16-19/h4-9,12,15-16,18,26H,10-11,13-14H2,1-3H3. The van der Waals surface area contributed by atoms with Gasteiger partial charge >= 0.3 is 6.09 Å². The molecule has 3 aromatic rings. The number of hydrogen-bond donors (Lipinski definition) is 1. The molecule has 1 aliphatic rings. The van der Waals surface area contributed by atoms with Gasteiger partial charge in [0.1, 0.15) is 5.60 Å². The average molecular weight is 490 g/mol. The molecule has 0 saturated carbocycles. The number of fused-ring (bicyclic) bond motifs is 1. The number of likely N-dealkylation sites (tertiary alicyclic amines) is 1. The maximum absolute atomic E-state index is 13.2. The van der Waals surface area contributed by atoms with E-state index < -0.39 is 15.6 Å². The van der Waals surface area contributed by atoms with Crippen LogP contribution in [-0.2, 0) is 14.8 Å². The Bertz CT molecular complexity index is 1270. The molecule has 4 rings (SSSR count). The molecule has 176 valence electrons. The number of amides is 1. The van der Waals surface area contributed by atoms with Crippen molar-refractivity contribution in [3.63, 3.8) is 0 Å². The number of carbonyl (C=O) groups excluding carboxylic acids is 1. The van der Waals surface area contributed by atoms with Gasteiger partial charge in [0.2, 0.25) is 0 Å². The summed E-state index contributed by atoms with van der Waals surface area (Å²) in [7, 11) is -3.78. The van der Waals surface area contributed by atoms with E-state index in [1.807, 2.05) is 32.9 Å². The Labute approximate surface area is 199 Å². The molecule has 1 N–H and O–H groups in total. The number of carbonyl (C=O) groups is 1. The summed E-state index contributed by atoms with van der Waals surface area (Å²) in [5.74, 6) is 0. The number of anilines is 1. The maximum atomic E-state index is 13.2. The molecule has 2 heterocycles. The third-order valence-electron chi connectivity index (χ3n) is 5.56. The van der Waals surface area contributed by atoms with Crippen LogP contribution in [0, 0.1) is 0 Å². The van der Waals surface area contributed by atoms with Crippen LogP contribution in [0.2, 0.25) is 5.02 Å². The monoisotopic (exact) mass is 489 g/mol. The zero-order valence-corrected chi connectivity index (χ0v) is 20.5. The Morgan fingerprint density at radius 3 is 2.45 bits per heavy atom. The molecule has 0 bridgehead atoms. The van der Waals surface area contributed by atoms with Crippen molar-refractivity contribution in [1.29, 1.82) is 0 Å². The minimum absolute atomic E-state index is 0.139. The summed E-state index contributed by atoms with van der Waals surface area (Å²) in [5, 5.41) is 4.72. The van der Waals surface area contributed by atoms with Crippen LogP contribution in [0.25, 0.3) is 10.9 Å². The van der Waals surface area contributed by atoms with E-state index in [1.165, 1.54) is 16.1 Å². The Kier molecular flexibility index (Phi) is 6.33. The van der Waals surface area contributed by atoms with Gasteiger partial charge in [0.15, 0.2) is 0 Å². The van der Waals surface area contributed by atoms with Gasteiger partial charge in [-0.25, -0.2) is 17.2 Å². The van der Waals surface area contributed by atoms with Gasteiger partial charge in [-0.05, 0) is 70.0 Å². The quantitative estimate of drug-likeness (QED) is 0.534. The Hall–Kier alpha value is -2.71. The highest BCUT2D eigenvalue weighted by atomic mass is 35.5. The predicted molar refractivity (Wildman–Crippen MR) is 130 cm³/mol. The Balaban J connectivity index is 1.51. The smallest absolute Gasteiger partial charge is 0.410 e. The van der Waals surface area contributed by atoms with Crippen LogP contribution < -0.4 is 5.32 Å². The number of hydrogen-bond acceptors (Lipinski definition) is 5. The molecule has 33 heavy (non-hydrogen) atoms. The van der Waals surface area contributed by atoms with Crippen molar-refractivity contribution in [1.82, 2.24) is 8.87 Å². The molecule has 0 spiro atoms. The molecule has 1 saturated heterocycles. The van der Waals surface area contributed by atoms with Crippen LogP contribution in [-0.4, -0.2) is 48.1 Å². The van der Waals surface area contributed by atoms with Gasteiger partial charge in [0, 0.05) is 41.4 Å². The van der Waals surface area contributed by atoms with Crippen molar-refractivity contribution in [2.75, 3.05) is 18.4 Å². The highest BCUT2D eigenvalue weighted by molar-refractivity contribution is 7.90. The number of nitrogens with one attached hydrogen (secondary N) is 1. The number of rotatable bonds is 4. The van der Waals surface area contributed by atoms with Crippen molar-refractivity contribution < 1.29 is 17.9 Å². The zero-order valence-electron chi connectivity index (χ0n) is 18.9. The van der Waals surface area contributed by atoms with E-state index >= 15 is 0 Å². The molecular weight excluding hydrogens is 462 g/mol. The molecule has 2 aromatic carbocycles. The van der Waals surface area contributed by atoms with Gasteiger partial charge < -0.3 is 15.0 Å². The number of nitrogens with zero attached hydrogens (tertiary/aromatic N) is 2. The van der Waals surface area contributed by atoms with Crippen molar-refractivity contribution >= 4 is 44.3 Å². The zero-order chi connectivity index (χ0) is 23.8. The van der Waals surface area contributed by atoms with Crippen LogP contribution in [0.4, 0.5) is 10.5 Å². The first-order valence-corrected chi connectivity index (χ1v) is 12.7. The van der Waals surface area contributed by atoms with Crippen LogP contribution in [0.1, 0.15) is 33.6 Å². The van der Waals surface area contributed by atoms with E-state index in [0.29, 0.717) is 23.6 Å². The second kappa shape index (κ2) is 8.91. The van der Waals surface area contributed by atoms with E-state index in [2.05, 4.69) is 5.32 Å². The van der Waals surface area contributed by atoms with E-state index in [1.54, 1.807) is 35.4 Å². The second-order valence-corrected chi connectivity index (χ2v) is 11.4. The minimum atomic E-state index is -3.78. The third kappa shape index (κ3) is 5.12. The summed E-state index contributed by atoms with van der Waals surface area (Å²) in [6.07, 6.45) is 2.83. The highest BCUT2D eigenvalue weighted by Crippen LogP contribution is 2.30. The van der Waals surface area contributed by atoms with Gasteiger partial charge in [-0.1, -0.05) is 23.7 Å².